The fourth-order valence-electron chi connectivity index (χ4n) is 5.78. The number of Topliss-reactive ketones (excluding diaryl/α,β-unsaturated/α-hetero) is 1. The maximum atomic E-state index is 13.7. The summed E-state index contributed by atoms with van der Waals surface area (Å²) in [6.45, 7) is 1.57. The van der Waals surface area contributed by atoms with Crippen molar-refractivity contribution >= 4 is 11.8 Å². The van der Waals surface area contributed by atoms with Gasteiger partial charge in [-0.05, 0) is 75.3 Å². The minimum absolute atomic E-state index is 0.0255. The number of esters is 1. The van der Waals surface area contributed by atoms with Crippen molar-refractivity contribution in [3.05, 3.63) is 35.4 Å². The van der Waals surface area contributed by atoms with E-state index in [1.165, 1.54) is 19.3 Å². The van der Waals surface area contributed by atoms with E-state index in [2.05, 4.69) is 0 Å². The van der Waals surface area contributed by atoms with Gasteiger partial charge in [0.25, 0.3) is 0 Å². The van der Waals surface area contributed by atoms with Gasteiger partial charge in [0.2, 0.25) is 0 Å². The molecule has 134 valence electrons. The molecule has 1 atom stereocenters. The van der Waals surface area contributed by atoms with Crippen LogP contribution < -0.4 is 0 Å². The third-order valence-corrected chi connectivity index (χ3v) is 6.37. The fraction of sp³-hybridized carbons (Fsp3) is 0.600. The zero-order valence-corrected chi connectivity index (χ0v) is 14.3. The fourth-order valence-corrected chi connectivity index (χ4v) is 5.78. The summed E-state index contributed by atoms with van der Waals surface area (Å²) >= 11 is 0. The van der Waals surface area contributed by atoms with Crippen LogP contribution in [-0.2, 0) is 9.53 Å². The highest BCUT2D eigenvalue weighted by Gasteiger charge is 2.55. The summed E-state index contributed by atoms with van der Waals surface area (Å²) in [5.74, 6) is -0.815. The van der Waals surface area contributed by atoms with E-state index in [-0.39, 0.29) is 16.8 Å². The van der Waals surface area contributed by atoms with Crippen molar-refractivity contribution in [3.63, 3.8) is 0 Å². The minimum atomic E-state index is -0.973. The first-order valence-electron chi connectivity index (χ1n) is 9.06. The normalized spacial score (nSPS) is 34.0. The molecule has 1 unspecified atom stereocenters. The van der Waals surface area contributed by atoms with Crippen LogP contribution in [0.4, 0.5) is 8.78 Å². The van der Waals surface area contributed by atoms with E-state index in [1.807, 2.05) is 0 Å². The van der Waals surface area contributed by atoms with E-state index in [9.17, 15) is 18.4 Å². The first-order valence-corrected chi connectivity index (χ1v) is 9.06. The number of ketones is 1. The Morgan fingerprint density at radius 2 is 1.64 bits per heavy atom. The summed E-state index contributed by atoms with van der Waals surface area (Å²) in [7, 11) is 0. The van der Waals surface area contributed by atoms with Crippen molar-refractivity contribution in [2.24, 2.45) is 23.2 Å². The summed E-state index contributed by atoms with van der Waals surface area (Å²) in [4.78, 5) is 25.3. The molecule has 0 N–H and O–H groups in total. The molecule has 0 amide bonds. The molecule has 5 heteroatoms. The van der Waals surface area contributed by atoms with Crippen LogP contribution in [0.1, 0.15) is 55.8 Å². The largest absolute Gasteiger partial charge is 0.451 e. The molecule has 25 heavy (non-hydrogen) atoms. The van der Waals surface area contributed by atoms with Gasteiger partial charge in [0.1, 0.15) is 11.6 Å². The van der Waals surface area contributed by atoms with Crippen LogP contribution in [0.5, 0.6) is 0 Å². The van der Waals surface area contributed by atoms with Crippen LogP contribution in [-0.4, -0.2) is 17.9 Å². The third kappa shape index (κ3) is 2.87. The Balaban J connectivity index is 1.48. The number of hydrogen-bond donors (Lipinski definition) is 0. The summed E-state index contributed by atoms with van der Waals surface area (Å²) < 4.78 is 32.0. The standard InChI is InChI=1S/C20H22F2O3/c1-11(25-19(24)16-3-2-15(21)7-17(16)22)18(23)20-8-12-4-13(9-20)6-14(5-12)10-20/h2-3,7,11-14H,4-6,8-10H2,1H3. The van der Waals surface area contributed by atoms with Crippen LogP contribution in [0, 0.1) is 34.8 Å². The summed E-state index contributed by atoms with van der Waals surface area (Å²) in [5.41, 5.74) is -0.706. The van der Waals surface area contributed by atoms with Gasteiger partial charge in [0, 0.05) is 11.5 Å². The molecule has 0 heterocycles. The van der Waals surface area contributed by atoms with E-state index in [4.69, 9.17) is 4.74 Å². The number of halogens is 2. The smallest absolute Gasteiger partial charge is 0.341 e. The highest BCUT2D eigenvalue weighted by Crippen LogP contribution is 2.60. The highest BCUT2D eigenvalue weighted by molar-refractivity contribution is 5.95. The van der Waals surface area contributed by atoms with Crippen LogP contribution in [0.25, 0.3) is 0 Å². The maximum Gasteiger partial charge on any atom is 0.341 e. The Hall–Kier alpha value is -1.78. The lowest BCUT2D eigenvalue weighted by Gasteiger charge is -2.56. The second-order valence-corrected chi connectivity index (χ2v) is 8.23. The quantitative estimate of drug-likeness (QED) is 0.762. The monoisotopic (exact) mass is 348 g/mol. The van der Waals surface area contributed by atoms with E-state index < -0.39 is 23.7 Å². The zero-order valence-electron chi connectivity index (χ0n) is 14.3. The molecular weight excluding hydrogens is 326 g/mol. The number of ether oxygens (including phenoxy) is 1. The molecular formula is C20H22F2O3. The minimum Gasteiger partial charge on any atom is -0.451 e. The first kappa shape index (κ1) is 16.7. The molecule has 3 nitrogen and oxygen atoms in total. The SMILES string of the molecule is CC(OC(=O)c1ccc(F)cc1F)C(=O)C12CC3CC(CC(C3)C1)C2. The third-order valence-electron chi connectivity index (χ3n) is 6.37. The van der Waals surface area contributed by atoms with Gasteiger partial charge >= 0.3 is 5.97 Å². The Kier molecular flexibility index (Phi) is 3.93. The average molecular weight is 348 g/mol. The van der Waals surface area contributed by atoms with E-state index in [0.29, 0.717) is 23.8 Å². The van der Waals surface area contributed by atoms with E-state index in [1.54, 1.807) is 6.92 Å². The molecule has 4 saturated carbocycles. The predicted molar refractivity (Wildman–Crippen MR) is 86.8 cm³/mol. The van der Waals surface area contributed by atoms with Crippen molar-refractivity contribution in [1.82, 2.24) is 0 Å². The molecule has 5 rings (SSSR count). The van der Waals surface area contributed by atoms with Gasteiger partial charge in [-0.15, -0.1) is 0 Å². The van der Waals surface area contributed by atoms with Gasteiger partial charge in [-0.2, -0.15) is 0 Å². The molecule has 0 spiro atoms. The Morgan fingerprint density at radius 1 is 1.08 bits per heavy atom. The lowest BCUT2D eigenvalue weighted by atomic mass is 9.48. The molecule has 1 aromatic rings. The van der Waals surface area contributed by atoms with E-state index in [0.717, 1.165) is 31.4 Å². The highest BCUT2D eigenvalue weighted by atomic mass is 19.1. The molecule has 1 aromatic carbocycles. The Bertz CT molecular complexity index is 692. The Labute approximate surface area is 145 Å². The molecule has 0 saturated heterocycles. The topological polar surface area (TPSA) is 43.4 Å². The van der Waals surface area contributed by atoms with Crippen LogP contribution in [0.2, 0.25) is 0 Å². The van der Waals surface area contributed by atoms with Gasteiger partial charge in [0.15, 0.2) is 11.9 Å². The maximum absolute atomic E-state index is 13.7. The second-order valence-electron chi connectivity index (χ2n) is 8.23. The van der Waals surface area contributed by atoms with Crippen LogP contribution >= 0.6 is 0 Å². The lowest BCUT2D eigenvalue weighted by molar-refractivity contribution is -0.152. The number of carbonyl (C=O) groups is 2. The Morgan fingerprint density at radius 3 is 2.16 bits per heavy atom. The second kappa shape index (κ2) is 5.89. The lowest BCUT2D eigenvalue weighted by Crippen LogP contribution is -2.52. The zero-order chi connectivity index (χ0) is 17.8. The van der Waals surface area contributed by atoms with Gasteiger partial charge in [-0.25, -0.2) is 13.6 Å². The molecule has 0 radical (unpaired) electrons. The molecule has 4 aliphatic carbocycles. The summed E-state index contributed by atoms with van der Waals surface area (Å²) in [6.07, 6.45) is 5.44. The van der Waals surface area contributed by atoms with Gasteiger partial charge in [-0.3, -0.25) is 4.79 Å². The average Bonchev–Trinajstić information content (AvgIpc) is 2.52. The van der Waals surface area contributed by atoms with Crippen LogP contribution in [0.15, 0.2) is 18.2 Å². The van der Waals surface area contributed by atoms with Gasteiger partial charge in [-0.1, -0.05) is 0 Å². The van der Waals surface area contributed by atoms with Crippen molar-refractivity contribution in [2.45, 2.75) is 51.6 Å². The predicted octanol–water partition coefficient (Wildman–Crippen LogP) is 4.30. The molecule has 4 fully saturated rings. The molecule has 4 aliphatic rings. The number of carbonyl (C=O) groups excluding carboxylic acids is 2. The number of benzene rings is 1. The van der Waals surface area contributed by atoms with Crippen molar-refractivity contribution in [3.8, 4) is 0 Å². The molecule has 0 aliphatic heterocycles. The van der Waals surface area contributed by atoms with Gasteiger partial charge < -0.3 is 4.74 Å². The van der Waals surface area contributed by atoms with Crippen molar-refractivity contribution < 1.29 is 23.1 Å². The number of hydrogen-bond acceptors (Lipinski definition) is 3. The van der Waals surface area contributed by atoms with Crippen molar-refractivity contribution in [1.29, 1.82) is 0 Å². The molecule has 0 aromatic heterocycles. The van der Waals surface area contributed by atoms with Gasteiger partial charge in [0.05, 0.1) is 5.56 Å². The molecule has 4 bridgehead atoms. The summed E-state index contributed by atoms with van der Waals surface area (Å²) in [5, 5.41) is 0. The van der Waals surface area contributed by atoms with E-state index >= 15 is 0 Å². The number of rotatable bonds is 4. The first-order chi connectivity index (χ1) is 11.9. The summed E-state index contributed by atoms with van der Waals surface area (Å²) in [6, 6.07) is 2.70. The van der Waals surface area contributed by atoms with Crippen molar-refractivity contribution in [2.75, 3.05) is 0 Å². The van der Waals surface area contributed by atoms with Crippen LogP contribution in [0.3, 0.4) is 0 Å².